The van der Waals surface area contributed by atoms with E-state index in [0.29, 0.717) is 38.9 Å². The third-order valence-corrected chi connectivity index (χ3v) is 7.26. The number of hydrogen-bond acceptors (Lipinski definition) is 5. The Morgan fingerprint density at radius 1 is 0.944 bits per heavy atom. The lowest BCUT2D eigenvalue weighted by atomic mass is 9.57. The van der Waals surface area contributed by atoms with Gasteiger partial charge < -0.3 is 25.4 Å². The molecule has 0 aromatic rings. The Morgan fingerprint density at radius 2 is 1.56 bits per heavy atom. The van der Waals surface area contributed by atoms with Crippen LogP contribution in [0.5, 0.6) is 0 Å². The van der Waals surface area contributed by atoms with Crippen LogP contribution in [-0.2, 0) is 14.3 Å². The van der Waals surface area contributed by atoms with Crippen molar-refractivity contribution in [3.63, 3.8) is 0 Å². The Hall–Kier alpha value is -1.83. The molecular weight excluding hydrogens is 458 g/mol. The maximum Gasteiger partial charge on any atom is 0.407 e. The van der Waals surface area contributed by atoms with Crippen LogP contribution in [0.1, 0.15) is 106 Å². The van der Waals surface area contributed by atoms with Gasteiger partial charge in [0.05, 0.1) is 6.10 Å². The van der Waals surface area contributed by atoms with Gasteiger partial charge in [-0.25, -0.2) is 4.79 Å². The Labute approximate surface area is 218 Å². The van der Waals surface area contributed by atoms with E-state index in [0.717, 1.165) is 44.9 Å². The first-order chi connectivity index (χ1) is 16.8. The van der Waals surface area contributed by atoms with Crippen LogP contribution in [0.2, 0.25) is 0 Å². The van der Waals surface area contributed by atoms with Gasteiger partial charge >= 0.3 is 6.09 Å². The molecule has 0 radical (unpaired) electrons. The monoisotopic (exact) mass is 509 g/mol. The lowest BCUT2D eigenvalue weighted by Crippen LogP contribution is -2.61. The molecule has 0 aromatic heterocycles. The summed E-state index contributed by atoms with van der Waals surface area (Å²) in [6.07, 6.45) is 8.43. The molecule has 0 spiro atoms. The van der Waals surface area contributed by atoms with Crippen LogP contribution < -0.4 is 10.6 Å². The molecule has 2 rings (SSSR count). The van der Waals surface area contributed by atoms with Crippen molar-refractivity contribution < 1.29 is 24.2 Å². The van der Waals surface area contributed by atoms with Gasteiger partial charge in [-0.2, -0.15) is 0 Å². The van der Waals surface area contributed by atoms with Gasteiger partial charge in [-0.15, -0.1) is 0 Å². The average Bonchev–Trinajstić information content (AvgIpc) is 3.15. The van der Waals surface area contributed by atoms with Gasteiger partial charge in [0.1, 0.15) is 5.60 Å². The number of amides is 3. The highest BCUT2D eigenvalue weighted by Crippen LogP contribution is 2.47. The van der Waals surface area contributed by atoms with Crippen molar-refractivity contribution in [2.75, 3.05) is 19.6 Å². The molecule has 0 bridgehead atoms. The number of ether oxygens (including phenoxy) is 1. The first kappa shape index (κ1) is 30.4. The predicted molar refractivity (Wildman–Crippen MR) is 141 cm³/mol. The zero-order chi connectivity index (χ0) is 26.9. The number of aliphatic hydroxyl groups is 1. The lowest BCUT2D eigenvalue weighted by molar-refractivity contribution is -0.148. The summed E-state index contributed by atoms with van der Waals surface area (Å²) in [6.45, 7) is 13.7. The minimum absolute atomic E-state index is 0.0493. The maximum absolute atomic E-state index is 13.0. The highest BCUT2D eigenvalue weighted by Gasteiger charge is 2.52. The SMILES string of the molecule is CC(C)(C)OC(=O)NCCCCCCCCCC(=O)NC1CC(C(=O)N2CCC(O)C2)[C@@H]1C(C)(C)C. The van der Waals surface area contributed by atoms with Crippen LogP contribution in [0.4, 0.5) is 4.79 Å². The van der Waals surface area contributed by atoms with E-state index in [2.05, 4.69) is 31.4 Å². The molecule has 1 heterocycles. The van der Waals surface area contributed by atoms with E-state index in [4.69, 9.17) is 4.74 Å². The van der Waals surface area contributed by atoms with Crippen molar-refractivity contribution in [3.8, 4) is 0 Å². The molecule has 0 aromatic carbocycles. The van der Waals surface area contributed by atoms with Crippen molar-refractivity contribution in [3.05, 3.63) is 0 Å². The quantitative estimate of drug-likeness (QED) is 0.338. The standard InChI is InChI=1S/C28H51N3O5/c1-27(2,3)24-21(25(34)31-17-15-20(32)19-31)18-22(24)30-23(33)14-12-10-8-7-9-11-13-16-29-26(35)36-28(4,5)6/h20-22,24,32H,7-19H2,1-6H3,(H,29,35)(H,30,33)/t20?,21?,22?,24-/m0/s1. The fourth-order valence-corrected chi connectivity index (χ4v) is 5.52. The Morgan fingerprint density at radius 3 is 2.11 bits per heavy atom. The first-order valence-corrected chi connectivity index (χ1v) is 14.0. The topological polar surface area (TPSA) is 108 Å². The summed E-state index contributed by atoms with van der Waals surface area (Å²) >= 11 is 0. The van der Waals surface area contributed by atoms with Gasteiger partial charge in [-0.3, -0.25) is 9.59 Å². The van der Waals surface area contributed by atoms with Gasteiger partial charge in [-0.1, -0.05) is 52.9 Å². The Kier molecular flexibility index (Phi) is 11.5. The van der Waals surface area contributed by atoms with E-state index in [1.165, 1.54) is 0 Å². The molecular formula is C28H51N3O5. The molecule has 1 aliphatic heterocycles. The molecule has 1 saturated heterocycles. The molecule has 8 nitrogen and oxygen atoms in total. The average molecular weight is 510 g/mol. The van der Waals surface area contributed by atoms with Crippen LogP contribution in [0, 0.1) is 17.3 Å². The normalized spacial score (nSPS) is 24.2. The zero-order valence-electron chi connectivity index (χ0n) is 23.5. The van der Waals surface area contributed by atoms with Gasteiger partial charge in [0, 0.05) is 38.0 Å². The van der Waals surface area contributed by atoms with E-state index in [-0.39, 0.29) is 41.2 Å². The van der Waals surface area contributed by atoms with Crippen LogP contribution in [0.15, 0.2) is 0 Å². The van der Waals surface area contributed by atoms with Crippen molar-refractivity contribution in [2.45, 2.75) is 123 Å². The molecule has 3 amide bonds. The minimum atomic E-state index is -0.465. The lowest BCUT2D eigenvalue weighted by Gasteiger charge is -2.51. The Bertz CT molecular complexity index is 728. The third-order valence-electron chi connectivity index (χ3n) is 7.26. The number of nitrogens with one attached hydrogen (secondary N) is 2. The molecule has 3 unspecified atom stereocenters. The summed E-state index contributed by atoms with van der Waals surface area (Å²) in [4.78, 5) is 38.9. The van der Waals surface area contributed by atoms with Gasteiger partial charge in [0.2, 0.25) is 11.8 Å². The zero-order valence-corrected chi connectivity index (χ0v) is 23.5. The summed E-state index contributed by atoms with van der Waals surface area (Å²) < 4.78 is 5.22. The van der Waals surface area contributed by atoms with E-state index < -0.39 is 11.7 Å². The number of carbonyl (C=O) groups is 3. The smallest absolute Gasteiger partial charge is 0.407 e. The van der Waals surface area contributed by atoms with Gasteiger partial charge in [0.25, 0.3) is 0 Å². The number of alkyl carbamates (subject to hydrolysis) is 1. The molecule has 1 saturated carbocycles. The second kappa shape index (κ2) is 13.6. The Balaban J connectivity index is 1.55. The molecule has 3 N–H and O–H groups in total. The van der Waals surface area contributed by atoms with Gasteiger partial charge in [-0.05, 0) is 57.8 Å². The summed E-state index contributed by atoms with van der Waals surface area (Å²) in [5.74, 6) is 0.277. The summed E-state index contributed by atoms with van der Waals surface area (Å²) in [5, 5.41) is 15.8. The van der Waals surface area contributed by atoms with Crippen molar-refractivity contribution in [1.29, 1.82) is 0 Å². The van der Waals surface area contributed by atoms with E-state index in [1.807, 2.05) is 20.8 Å². The second-order valence-corrected chi connectivity index (χ2v) is 12.8. The molecule has 8 heteroatoms. The van der Waals surface area contributed by atoms with Crippen LogP contribution >= 0.6 is 0 Å². The molecule has 2 fully saturated rings. The van der Waals surface area contributed by atoms with Gasteiger partial charge in [0.15, 0.2) is 0 Å². The number of carbonyl (C=O) groups excluding carboxylic acids is 3. The first-order valence-electron chi connectivity index (χ1n) is 14.0. The van der Waals surface area contributed by atoms with Crippen LogP contribution in [0.25, 0.3) is 0 Å². The predicted octanol–water partition coefficient (Wildman–Crippen LogP) is 4.39. The van der Waals surface area contributed by atoms with E-state index in [1.54, 1.807) is 4.90 Å². The van der Waals surface area contributed by atoms with Crippen molar-refractivity contribution in [2.24, 2.45) is 17.3 Å². The van der Waals surface area contributed by atoms with Crippen molar-refractivity contribution >= 4 is 17.9 Å². The number of aliphatic hydroxyl groups excluding tert-OH is 1. The summed E-state index contributed by atoms with van der Waals surface area (Å²) in [6, 6.07) is 0.0493. The van der Waals surface area contributed by atoms with Crippen LogP contribution in [-0.4, -0.2) is 65.3 Å². The molecule has 36 heavy (non-hydrogen) atoms. The molecule has 4 atom stereocenters. The number of unbranched alkanes of at least 4 members (excludes halogenated alkanes) is 6. The summed E-state index contributed by atoms with van der Waals surface area (Å²) in [5.41, 5.74) is -0.537. The maximum atomic E-state index is 13.0. The third kappa shape index (κ3) is 10.3. The number of rotatable bonds is 12. The molecule has 2 aliphatic rings. The largest absolute Gasteiger partial charge is 0.444 e. The molecule has 208 valence electrons. The highest BCUT2D eigenvalue weighted by atomic mass is 16.6. The number of β-amino-alcohol motifs (C(OH)–C–C–N with tert-alkyl or cyclic N) is 1. The van der Waals surface area contributed by atoms with Crippen LogP contribution in [0.3, 0.4) is 0 Å². The fraction of sp³-hybridized carbons (Fsp3) is 0.893. The van der Waals surface area contributed by atoms with Crippen molar-refractivity contribution in [1.82, 2.24) is 15.5 Å². The highest BCUT2D eigenvalue weighted by molar-refractivity contribution is 5.82. The number of hydrogen-bond donors (Lipinski definition) is 3. The minimum Gasteiger partial charge on any atom is -0.444 e. The van der Waals surface area contributed by atoms with E-state index in [9.17, 15) is 19.5 Å². The molecule has 1 aliphatic carbocycles. The van der Waals surface area contributed by atoms with E-state index >= 15 is 0 Å². The summed E-state index contributed by atoms with van der Waals surface area (Å²) in [7, 11) is 0. The second-order valence-electron chi connectivity index (χ2n) is 12.8. The number of nitrogens with zero attached hydrogens (tertiary/aromatic N) is 1. The fourth-order valence-electron chi connectivity index (χ4n) is 5.52. The number of likely N-dealkylation sites (tertiary alicyclic amines) is 1.